The summed E-state index contributed by atoms with van der Waals surface area (Å²) in [5, 5.41) is 0. The van der Waals surface area contributed by atoms with E-state index in [4.69, 9.17) is 4.74 Å². The molecule has 1 aromatic carbocycles. The number of ether oxygens (including phenoxy) is 1. The topological polar surface area (TPSA) is 12.5 Å². The molecule has 2 nitrogen and oxygen atoms in total. The maximum absolute atomic E-state index is 13.9. The Labute approximate surface area is 213 Å². The van der Waals surface area contributed by atoms with Crippen molar-refractivity contribution in [1.29, 1.82) is 0 Å². The summed E-state index contributed by atoms with van der Waals surface area (Å²) in [6.45, 7) is 15.6. The average Bonchev–Trinajstić information content (AvgIpc) is 2.63. The van der Waals surface area contributed by atoms with Gasteiger partial charge in [0.1, 0.15) is 0 Å². The Morgan fingerprint density at radius 2 is 1.08 bits per heavy atom. The van der Waals surface area contributed by atoms with Gasteiger partial charge in [0.2, 0.25) is 0 Å². The summed E-state index contributed by atoms with van der Waals surface area (Å²) in [4.78, 5) is 1.64. The zero-order chi connectivity index (χ0) is 28.4. The van der Waals surface area contributed by atoms with E-state index in [1.54, 1.807) is 18.7 Å². The van der Waals surface area contributed by atoms with Crippen LogP contribution in [0.3, 0.4) is 0 Å². The Morgan fingerprint density at radius 3 is 1.53 bits per heavy atom. The quantitative estimate of drug-likeness (QED) is 0.252. The molecule has 0 aliphatic rings. The summed E-state index contributed by atoms with van der Waals surface area (Å²) in [7, 11) is 0. The van der Waals surface area contributed by atoms with Crippen molar-refractivity contribution in [1.82, 2.24) is 4.90 Å². The van der Waals surface area contributed by atoms with Crippen LogP contribution >= 0.6 is 0 Å². The van der Waals surface area contributed by atoms with Gasteiger partial charge in [0.15, 0.2) is 0 Å². The summed E-state index contributed by atoms with van der Waals surface area (Å²) in [5.41, 5.74) is -5.63. The molecule has 0 N–H and O–H groups in total. The first kappa shape index (κ1) is 32.7. The van der Waals surface area contributed by atoms with Crippen molar-refractivity contribution in [3.8, 4) is 0 Å². The van der Waals surface area contributed by atoms with Gasteiger partial charge in [-0.3, -0.25) is 4.90 Å². The van der Waals surface area contributed by atoms with Crippen molar-refractivity contribution in [2.45, 2.75) is 112 Å². The van der Waals surface area contributed by atoms with Gasteiger partial charge < -0.3 is 4.74 Å². The summed E-state index contributed by atoms with van der Waals surface area (Å²) >= 11 is 0. The summed E-state index contributed by atoms with van der Waals surface area (Å²) in [6, 6.07) is 9.63. The molecular weight excluding hydrogens is 480 g/mol. The lowest BCUT2D eigenvalue weighted by atomic mass is 9.73. The monoisotopic (exact) mass is 525 g/mol. The first-order valence-corrected chi connectivity index (χ1v) is 12.4. The number of alkyl halides is 6. The maximum atomic E-state index is 13.9. The Morgan fingerprint density at radius 1 is 0.639 bits per heavy atom. The fraction of sp³-hybridized carbons (Fsp3) is 0.786. The number of benzene rings is 1. The van der Waals surface area contributed by atoms with E-state index in [1.807, 2.05) is 58.0 Å². The fourth-order valence-electron chi connectivity index (χ4n) is 5.35. The molecular formula is C28H45F6NO. The van der Waals surface area contributed by atoms with Crippen LogP contribution in [0.4, 0.5) is 26.3 Å². The van der Waals surface area contributed by atoms with Crippen LogP contribution in [0.2, 0.25) is 0 Å². The van der Waals surface area contributed by atoms with Gasteiger partial charge in [0, 0.05) is 17.6 Å². The van der Waals surface area contributed by atoms with E-state index in [-0.39, 0.29) is 6.42 Å². The molecule has 0 radical (unpaired) electrons. The molecule has 0 heterocycles. The molecule has 0 spiro atoms. The second kappa shape index (κ2) is 10.8. The molecule has 210 valence electrons. The second-order valence-electron chi connectivity index (χ2n) is 13.5. The van der Waals surface area contributed by atoms with E-state index in [1.165, 1.54) is 0 Å². The highest BCUT2D eigenvalue weighted by Gasteiger charge is 2.55. The van der Waals surface area contributed by atoms with Gasteiger partial charge in [-0.2, -0.15) is 26.3 Å². The van der Waals surface area contributed by atoms with Gasteiger partial charge in [-0.25, -0.2) is 0 Å². The van der Waals surface area contributed by atoms with E-state index in [0.29, 0.717) is 19.6 Å². The molecule has 1 aromatic rings. The third-order valence-electron chi connectivity index (χ3n) is 6.94. The lowest BCUT2D eigenvalue weighted by molar-refractivity contribution is -0.239. The third-order valence-corrected chi connectivity index (χ3v) is 6.94. The maximum Gasteiger partial charge on any atom is 0.395 e. The smallest absolute Gasteiger partial charge is 0.376 e. The van der Waals surface area contributed by atoms with Gasteiger partial charge in [0.25, 0.3) is 0 Å². The van der Waals surface area contributed by atoms with Crippen molar-refractivity contribution in [2.24, 2.45) is 16.2 Å². The normalized spacial score (nSPS) is 15.0. The van der Waals surface area contributed by atoms with Gasteiger partial charge in [-0.1, -0.05) is 58.0 Å². The number of hydrogen-bond donors (Lipinski definition) is 0. The van der Waals surface area contributed by atoms with Crippen LogP contribution in [0.5, 0.6) is 0 Å². The standard InChI is InChI=1S/C28H45F6NO/c1-22(2,20-36-16-21-14-12-11-13-15-21)17-25(7,8)35(19-24(5,6)28(32,33)34)26(9,10)18-23(3,4)27(29,30)31/h11-15H,16-20H2,1-10H3. The SMILES string of the molecule is CC(C)(COCc1ccccc1)CC(C)(C)N(CC(C)(C)C(F)(F)F)C(C)(C)CC(C)(C)C(F)(F)F. The molecule has 0 atom stereocenters. The minimum absolute atomic E-state index is 0.341. The van der Waals surface area contributed by atoms with Crippen LogP contribution in [0.1, 0.15) is 87.6 Å². The molecule has 0 bridgehead atoms. The number of hydrogen-bond acceptors (Lipinski definition) is 2. The van der Waals surface area contributed by atoms with Crippen molar-refractivity contribution in [3.05, 3.63) is 35.9 Å². The Kier molecular flexibility index (Phi) is 9.86. The van der Waals surface area contributed by atoms with Crippen LogP contribution in [0, 0.1) is 16.2 Å². The number of nitrogens with zero attached hydrogens (tertiary/aromatic N) is 1. The van der Waals surface area contributed by atoms with E-state index in [0.717, 1.165) is 33.3 Å². The predicted molar refractivity (Wildman–Crippen MR) is 134 cm³/mol. The molecule has 0 saturated carbocycles. The lowest BCUT2D eigenvalue weighted by Gasteiger charge is -2.55. The molecule has 1 rings (SSSR count). The van der Waals surface area contributed by atoms with Crippen molar-refractivity contribution in [2.75, 3.05) is 13.2 Å². The van der Waals surface area contributed by atoms with E-state index in [2.05, 4.69) is 0 Å². The van der Waals surface area contributed by atoms with Crippen LogP contribution in [-0.4, -0.2) is 41.5 Å². The van der Waals surface area contributed by atoms with Crippen molar-refractivity contribution < 1.29 is 31.1 Å². The van der Waals surface area contributed by atoms with E-state index in [9.17, 15) is 26.3 Å². The molecule has 0 aromatic heterocycles. The first-order valence-electron chi connectivity index (χ1n) is 12.4. The molecule has 0 aliphatic heterocycles. The minimum atomic E-state index is -4.51. The van der Waals surface area contributed by atoms with Gasteiger partial charge in [-0.15, -0.1) is 0 Å². The number of rotatable bonds is 12. The van der Waals surface area contributed by atoms with Crippen LogP contribution in [0.15, 0.2) is 30.3 Å². The van der Waals surface area contributed by atoms with Crippen molar-refractivity contribution in [3.63, 3.8) is 0 Å². The molecule has 0 amide bonds. The van der Waals surface area contributed by atoms with Crippen LogP contribution in [0.25, 0.3) is 0 Å². The minimum Gasteiger partial charge on any atom is -0.376 e. The molecule has 0 fully saturated rings. The highest BCUT2D eigenvalue weighted by Crippen LogP contribution is 2.49. The highest BCUT2D eigenvalue weighted by atomic mass is 19.4. The second-order valence-corrected chi connectivity index (χ2v) is 13.5. The Bertz CT molecular complexity index is 823. The molecule has 0 saturated heterocycles. The van der Waals surface area contributed by atoms with Gasteiger partial charge in [-0.05, 0) is 65.4 Å². The molecule has 8 heteroatoms. The predicted octanol–water partition coefficient (Wildman–Crippen LogP) is 9.05. The van der Waals surface area contributed by atoms with E-state index < -0.39 is 46.2 Å². The fourth-order valence-corrected chi connectivity index (χ4v) is 5.35. The first-order chi connectivity index (χ1) is 15.8. The zero-order valence-electron chi connectivity index (χ0n) is 23.5. The Balaban J connectivity index is 3.25. The van der Waals surface area contributed by atoms with Crippen molar-refractivity contribution >= 4 is 0 Å². The zero-order valence-corrected chi connectivity index (χ0v) is 23.5. The summed E-state index contributed by atoms with van der Waals surface area (Å²) in [6.07, 6.45) is -8.90. The average molecular weight is 526 g/mol. The molecule has 0 aliphatic carbocycles. The summed E-state index contributed by atoms with van der Waals surface area (Å²) < 4.78 is 89.1. The Hall–Kier alpha value is -1.28. The lowest BCUT2D eigenvalue weighted by Crippen LogP contribution is -2.62. The molecule has 0 unspecified atom stereocenters. The molecule has 36 heavy (non-hydrogen) atoms. The highest BCUT2D eigenvalue weighted by molar-refractivity contribution is 5.13. The number of halogens is 6. The van der Waals surface area contributed by atoms with Gasteiger partial charge in [0.05, 0.1) is 24.0 Å². The van der Waals surface area contributed by atoms with Crippen LogP contribution < -0.4 is 0 Å². The third kappa shape index (κ3) is 8.93. The van der Waals surface area contributed by atoms with Gasteiger partial charge >= 0.3 is 12.4 Å². The van der Waals surface area contributed by atoms with E-state index >= 15 is 0 Å². The summed E-state index contributed by atoms with van der Waals surface area (Å²) in [5.74, 6) is 0. The largest absolute Gasteiger partial charge is 0.395 e. The van der Waals surface area contributed by atoms with Crippen LogP contribution in [-0.2, 0) is 11.3 Å².